The molecule has 0 radical (unpaired) electrons. The minimum Gasteiger partial charge on any atom is -0.251 e. The van der Waals surface area contributed by atoms with Crippen LogP contribution in [-0.2, 0) is 12.7 Å². The summed E-state index contributed by atoms with van der Waals surface area (Å²) in [5, 5.41) is 8.58. The summed E-state index contributed by atoms with van der Waals surface area (Å²) >= 11 is 6.46. The molecule has 0 bridgehead atoms. The number of nitrogens with zero attached hydrogens (tertiary/aromatic N) is 5. The quantitative estimate of drug-likeness (QED) is 0.504. The lowest BCUT2D eigenvalue weighted by atomic mass is 10.1. The molecule has 3 aromatic heterocycles. The Morgan fingerprint density at radius 3 is 2.41 bits per heavy atom. The summed E-state index contributed by atoms with van der Waals surface area (Å²) in [6.45, 7) is 1.90. The Balaban J connectivity index is 1.71. The summed E-state index contributed by atoms with van der Waals surface area (Å²) in [6, 6.07) is 9.74. The van der Waals surface area contributed by atoms with Gasteiger partial charge in [0.25, 0.3) is 0 Å². The van der Waals surface area contributed by atoms with E-state index >= 15 is 0 Å². The van der Waals surface area contributed by atoms with Crippen LogP contribution in [0.15, 0.2) is 53.6 Å². The van der Waals surface area contributed by atoms with E-state index in [1.54, 1.807) is 0 Å². The molecule has 0 atom stereocenters. The average molecular weight is 420 g/mol. The van der Waals surface area contributed by atoms with Crippen molar-refractivity contribution >= 4 is 17.2 Å². The molecule has 0 spiro atoms. The van der Waals surface area contributed by atoms with Crippen LogP contribution in [0.4, 0.5) is 13.2 Å². The normalized spacial score (nSPS) is 11.9. The van der Waals surface area contributed by atoms with Gasteiger partial charge in [0.1, 0.15) is 5.69 Å². The molecule has 4 rings (SSSR count). The molecule has 29 heavy (non-hydrogen) atoms. The van der Waals surface area contributed by atoms with Crippen molar-refractivity contribution < 1.29 is 13.2 Å². The Bertz CT molecular complexity index is 1240. The predicted molar refractivity (Wildman–Crippen MR) is 101 cm³/mol. The molecule has 0 unspecified atom stereocenters. The van der Waals surface area contributed by atoms with Gasteiger partial charge < -0.3 is 0 Å². The Labute approximate surface area is 167 Å². The fourth-order valence-corrected chi connectivity index (χ4v) is 3.10. The van der Waals surface area contributed by atoms with E-state index in [0.29, 0.717) is 11.1 Å². The van der Waals surface area contributed by atoms with E-state index in [2.05, 4.69) is 15.2 Å². The van der Waals surface area contributed by atoms with Crippen LogP contribution in [0.2, 0.25) is 5.02 Å². The SMILES string of the molecule is Cc1ccc(-c2cnn3c(=O)n(Cc4ccc(C(F)(F)F)nc4)nc3c2Cl)cc1. The van der Waals surface area contributed by atoms with E-state index < -0.39 is 17.6 Å². The van der Waals surface area contributed by atoms with E-state index in [-0.39, 0.29) is 17.2 Å². The molecule has 6 nitrogen and oxygen atoms in total. The number of hydrogen-bond acceptors (Lipinski definition) is 4. The van der Waals surface area contributed by atoms with Crippen molar-refractivity contribution in [1.29, 1.82) is 0 Å². The number of rotatable bonds is 3. The van der Waals surface area contributed by atoms with Crippen molar-refractivity contribution in [2.24, 2.45) is 0 Å². The Hall–Kier alpha value is -3.20. The summed E-state index contributed by atoms with van der Waals surface area (Å²) < 4.78 is 40.0. The Morgan fingerprint density at radius 1 is 1.07 bits per heavy atom. The second-order valence-corrected chi connectivity index (χ2v) is 6.84. The molecule has 1 aromatic carbocycles. The number of pyridine rings is 1. The summed E-state index contributed by atoms with van der Waals surface area (Å²) in [4.78, 5) is 15.9. The second kappa shape index (κ2) is 7.00. The molecular formula is C19H13ClF3N5O. The molecule has 10 heteroatoms. The molecular weight excluding hydrogens is 407 g/mol. The van der Waals surface area contributed by atoms with Crippen LogP contribution in [0.25, 0.3) is 16.8 Å². The number of fused-ring (bicyclic) bond motifs is 1. The van der Waals surface area contributed by atoms with Gasteiger partial charge in [0.15, 0.2) is 5.65 Å². The van der Waals surface area contributed by atoms with Gasteiger partial charge in [0, 0.05) is 11.8 Å². The first-order chi connectivity index (χ1) is 13.7. The number of aryl methyl sites for hydroxylation is 1. The zero-order chi connectivity index (χ0) is 20.8. The van der Waals surface area contributed by atoms with E-state index in [4.69, 9.17) is 11.6 Å². The Kier molecular flexibility index (Phi) is 4.62. The highest BCUT2D eigenvalue weighted by Crippen LogP contribution is 2.29. The van der Waals surface area contributed by atoms with E-state index in [0.717, 1.165) is 32.6 Å². The van der Waals surface area contributed by atoms with Crippen LogP contribution in [0.1, 0.15) is 16.8 Å². The lowest BCUT2D eigenvalue weighted by Gasteiger charge is -2.06. The second-order valence-electron chi connectivity index (χ2n) is 6.46. The predicted octanol–water partition coefficient (Wildman–Crippen LogP) is 3.98. The highest BCUT2D eigenvalue weighted by Gasteiger charge is 2.32. The van der Waals surface area contributed by atoms with Gasteiger partial charge in [0.2, 0.25) is 0 Å². The third kappa shape index (κ3) is 3.61. The molecule has 3 heterocycles. The summed E-state index contributed by atoms with van der Waals surface area (Å²) in [6.07, 6.45) is -1.98. The first-order valence-electron chi connectivity index (χ1n) is 8.47. The van der Waals surface area contributed by atoms with Gasteiger partial charge in [-0.15, -0.1) is 5.10 Å². The van der Waals surface area contributed by atoms with Gasteiger partial charge in [-0.3, -0.25) is 4.98 Å². The molecule has 0 aliphatic heterocycles. The molecule has 0 fully saturated rings. The largest absolute Gasteiger partial charge is 0.433 e. The molecule has 0 saturated carbocycles. The van der Waals surface area contributed by atoms with Crippen molar-refractivity contribution in [3.05, 3.63) is 81.1 Å². The molecule has 0 aliphatic rings. The topological polar surface area (TPSA) is 65.1 Å². The number of aromatic nitrogens is 5. The van der Waals surface area contributed by atoms with Crippen LogP contribution in [0.5, 0.6) is 0 Å². The maximum atomic E-state index is 12.6. The Morgan fingerprint density at radius 2 is 1.79 bits per heavy atom. The third-order valence-electron chi connectivity index (χ3n) is 4.36. The summed E-state index contributed by atoms with van der Waals surface area (Å²) in [5.41, 5.74) is 1.52. The van der Waals surface area contributed by atoms with Gasteiger partial charge in [0.05, 0.1) is 17.8 Å². The van der Waals surface area contributed by atoms with Crippen molar-refractivity contribution in [2.45, 2.75) is 19.6 Å². The summed E-state index contributed by atoms with van der Waals surface area (Å²) in [5.74, 6) is 0. The lowest BCUT2D eigenvalue weighted by Crippen LogP contribution is -2.23. The van der Waals surface area contributed by atoms with Gasteiger partial charge in [-0.2, -0.15) is 22.8 Å². The van der Waals surface area contributed by atoms with Crippen molar-refractivity contribution in [3.63, 3.8) is 0 Å². The molecule has 148 valence electrons. The first-order valence-corrected chi connectivity index (χ1v) is 8.85. The molecule has 4 aromatic rings. The lowest BCUT2D eigenvalue weighted by molar-refractivity contribution is -0.141. The van der Waals surface area contributed by atoms with Crippen LogP contribution in [0, 0.1) is 6.92 Å². The van der Waals surface area contributed by atoms with E-state index in [9.17, 15) is 18.0 Å². The van der Waals surface area contributed by atoms with Crippen molar-refractivity contribution in [3.8, 4) is 11.1 Å². The van der Waals surface area contributed by atoms with Crippen LogP contribution in [-0.4, -0.2) is 24.4 Å². The number of hydrogen-bond donors (Lipinski definition) is 0. The van der Waals surface area contributed by atoms with Gasteiger partial charge in [-0.05, 0) is 24.1 Å². The van der Waals surface area contributed by atoms with Gasteiger partial charge in [-0.1, -0.05) is 47.5 Å². The standard InChI is InChI=1S/C19H13ClF3N5O/c1-11-2-5-13(6-3-11)14-9-25-28-17(16(14)20)26-27(18(28)29)10-12-4-7-15(24-8-12)19(21,22)23/h2-9H,10H2,1H3. The van der Waals surface area contributed by atoms with Crippen LogP contribution in [0.3, 0.4) is 0 Å². The number of benzene rings is 1. The van der Waals surface area contributed by atoms with Crippen molar-refractivity contribution in [2.75, 3.05) is 0 Å². The highest BCUT2D eigenvalue weighted by atomic mass is 35.5. The van der Waals surface area contributed by atoms with Gasteiger partial charge >= 0.3 is 11.9 Å². The monoisotopic (exact) mass is 419 g/mol. The minimum atomic E-state index is -4.53. The summed E-state index contributed by atoms with van der Waals surface area (Å²) in [7, 11) is 0. The maximum Gasteiger partial charge on any atom is 0.433 e. The maximum absolute atomic E-state index is 12.6. The fraction of sp³-hybridized carbons (Fsp3) is 0.158. The van der Waals surface area contributed by atoms with Crippen LogP contribution < -0.4 is 5.69 Å². The minimum absolute atomic E-state index is 0.0659. The van der Waals surface area contributed by atoms with Gasteiger partial charge in [-0.25, -0.2) is 9.48 Å². The molecule has 0 aliphatic carbocycles. The smallest absolute Gasteiger partial charge is 0.251 e. The molecule has 0 amide bonds. The fourth-order valence-electron chi connectivity index (χ4n) is 2.83. The van der Waals surface area contributed by atoms with Crippen molar-refractivity contribution in [1.82, 2.24) is 24.4 Å². The molecule has 0 N–H and O–H groups in total. The third-order valence-corrected chi connectivity index (χ3v) is 4.74. The zero-order valence-corrected chi connectivity index (χ0v) is 15.7. The zero-order valence-electron chi connectivity index (χ0n) is 15.0. The number of alkyl halides is 3. The molecule has 0 saturated heterocycles. The van der Waals surface area contributed by atoms with E-state index in [1.165, 1.54) is 12.3 Å². The van der Waals surface area contributed by atoms with E-state index in [1.807, 2.05) is 31.2 Å². The number of halogens is 4. The highest BCUT2D eigenvalue weighted by molar-refractivity contribution is 6.36. The van der Waals surface area contributed by atoms with Crippen LogP contribution >= 0.6 is 11.6 Å². The average Bonchev–Trinajstić information content (AvgIpc) is 2.99. The first kappa shape index (κ1) is 19.1.